The molecule has 1 saturated carbocycles. The lowest BCUT2D eigenvalue weighted by atomic mass is 10.1. The summed E-state index contributed by atoms with van der Waals surface area (Å²) in [5.74, 6) is 0.205. The second-order valence-corrected chi connectivity index (χ2v) is 4.01. The lowest BCUT2D eigenvalue weighted by molar-refractivity contribution is -0.108. The predicted molar refractivity (Wildman–Crippen MR) is 58.1 cm³/mol. The number of allylic oxidation sites excluding steroid dienone is 1. The van der Waals surface area contributed by atoms with Gasteiger partial charge in [0.1, 0.15) is 6.29 Å². The van der Waals surface area contributed by atoms with Gasteiger partial charge in [0.15, 0.2) is 0 Å². The molecule has 0 aliphatic heterocycles. The largest absolute Gasteiger partial charge is 0.303 e. The van der Waals surface area contributed by atoms with Gasteiger partial charge in [-0.15, -0.1) is 0 Å². The van der Waals surface area contributed by atoms with E-state index in [-0.39, 0.29) is 5.92 Å². The summed E-state index contributed by atoms with van der Waals surface area (Å²) in [6, 6.07) is 6.40. The standard InChI is InChI=1S/C13H14O/c1-9-3-4-11(5-10(9)2)6-12-7-13(12)8-14/h3-6,8,13H,7H2,1-2H3/b12-6+. The monoisotopic (exact) mass is 186 g/mol. The van der Waals surface area contributed by atoms with Crippen molar-refractivity contribution in [1.29, 1.82) is 0 Å². The summed E-state index contributed by atoms with van der Waals surface area (Å²) in [7, 11) is 0. The van der Waals surface area contributed by atoms with E-state index in [2.05, 4.69) is 38.1 Å². The smallest absolute Gasteiger partial charge is 0.127 e. The summed E-state index contributed by atoms with van der Waals surface area (Å²) in [5, 5.41) is 0. The van der Waals surface area contributed by atoms with Gasteiger partial charge in [-0.3, -0.25) is 0 Å². The minimum Gasteiger partial charge on any atom is -0.303 e. The van der Waals surface area contributed by atoms with Crippen molar-refractivity contribution in [2.24, 2.45) is 5.92 Å². The molecule has 0 bridgehead atoms. The molecule has 0 spiro atoms. The summed E-state index contributed by atoms with van der Waals surface area (Å²) < 4.78 is 0. The minimum absolute atomic E-state index is 0.205. The Kier molecular flexibility index (Phi) is 2.24. The molecule has 1 nitrogen and oxygen atoms in total. The van der Waals surface area contributed by atoms with E-state index in [1.54, 1.807) is 0 Å². The van der Waals surface area contributed by atoms with Crippen LogP contribution in [0.2, 0.25) is 0 Å². The molecule has 0 aromatic heterocycles. The Labute approximate surface area is 84.5 Å². The van der Waals surface area contributed by atoms with E-state index in [1.807, 2.05) is 0 Å². The van der Waals surface area contributed by atoms with Crippen LogP contribution in [0, 0.1) is 19.8 Å². The molecule has 1 aromatic rings. The normalized spacial score (nSPS) is 22.4. The first-order valence-corrected chi connectivity index (χ1v) is 4.93. The minimum atomic E-state index is 0.205. The maximum Gasteiger partial charge on any atom is 0.127 e. The van der Waals surface area contributed by atoms with E-state index < -0.39 is 0 Å². The summed E-state index contributed by atoms with van der Waals surface area (Å²) in [6.07, 6.45) is 4.12. The molecule has 1 heteroatoms. The molecule has 1 aromatic carbocycles. The van der Waals surface area contributed by atoms with Gasteiger partial charge in [-0.1, -0.05) is 29.8 Å². The Morgan fingerprint density at radius 3 is 2.64 bits per heavy atom. The molecule has 1 fully saturated rings. The third-order valence-corrected chi connectivity index (χ3v) is 2.82. The van der Waals surface area contributed by atoms with Crippen molar-refractivity contribution in [3.63, 3.8) is 0 Å². The van der Waals surface area contributed by atoms with Crippen molar-refractivity contribution in [2.75, 3.05) is 0 Å². The zero-order valence-corrected chi connectivity index (χ0v) is 8.58. The zero-order valence-electron chi connectivity index (χ0n) is 8.58. The third kappa shape index (κ3) is 1.77. The maximum atomic E-state index is 10.4. The second-order valence-electron chi connectivity index (χ2n) is 4.01. The van der Waals surface area contributed by atoms with Crippen molar-refractivity contribution in [1.82, 2.24) is 0 Å². The Morgan fingerprint density at radius 1 is 1.29 bits per heavy atom. The lowest BCUT2D eigenvalue weighted by Gasteiger charge is -2.00. The molecule has 0 amide bonds. The van der Waals surface area contributed by atoms with Crippen LogP contribution in [0.3, 0.4) is 0 Å². The number of carbonyl (C=O) groups is 1. The number of benzene rings is 1. The molecule has 0 heterocycles. The topological polar surface area (TPSA) is 17.1 Å². The van der Waals surface area contributed by atoms with Gasteiger partial charge in [0, 0.05) is 5.92 Å². The maximum absolute atomic E-state index is 10.4. The molecule has 1 atom stereocenters. The first kappa shape index (κ1) is 9.20. The average Bonchev–Trinajstić information content (AvgIpc) is 2.90. The highest BCUT2D eigenvalue weighted by atomic mass is 16.1. The van der Waals surface area contributed by atoms with Crippen LogP contribution >= 0.6 is 0 Å². The number of hydrogen-bond donors (Lipinski definition) is 0. The van der Waals surface area contributed by atoms with Gasteiger partial charge in [0.2, 0.25) is 0 Å². The third-order valence-electron chi connectivity index (χ3n) is 2.82. The van der Waals surface area contributed by atoms with E-state index in [9.17, 15) is 4.79 Å². The van der Waals surface area contributed by atoms with Crippen LogP contribution in [0.25, 0.3) is 6.08 Å². The van der Waals surface area contributed by atoms with Gasteiger partial charge in [0.25, 0.3) is 0 Å². The van der Waals surface area contributed by atoms with Crippen LogP contribution in [0.15, 0.2) is 23.8 Å². The van der Waals surface area contributed by atoms with Crippen molar-refractivity contribution in [3.05, 3.63) is 40.5 Å². The zero-order chi connectivity index (χ0) is 10.1. The molecule has 1 aliphatic rings. The molecule has 0 N–H and O–H groups in total. The Morgan fingerprint density at radius 2 is 2.07 bits per heavy atom. The summed E-state index contributed by atoms with van der Waals surface area (Å²) in [5.41, 5.74) is 5.10. The number of aryl methyl sites for hydroxylation is 2. The molecule has 0 radical (unpaired) electrons. The highest BCUT2D eigenvalue weighted by molar-refractivity contribution is 5.73. The van der Waals surface area contributed by atoms with Crippen LogP contribution in [0.4, 0.5) is 0 Å². The number of aldehydes is 1. The number of hydrogen-bond acceptors (Lipinski definition) is 1. The predicted octanol–water partition coefficient (Wildman–Crippen LogP) is 2.91. The fourth-order valence-electron chi connectivity index (χ4n) is 1.56. The van der Waals surface area contributed by atoms with Gasteiger partial charge < -0.3 is 4.79 Å². The van der Waals surface area contributed by atoms with E-state index in [4.69, 9.17) is 0 Å². The van der Waals surface area contributed by atoms with Crippen molar-refractivity contribution in [2.45, 2.75) is 20.3 Å². The lowest BCUT2D eigenvalue weighted by Crippen LogP contribution is -1.81. The first-order chi connectivity index (χ1) is 6.70. The van der Waals surface area contributed by atoms with E-state index in [1.165, 1.54) is 22.3 Å². The van der Waals surface area contributed by atoms with Crippen molar-refractivity contribution >= 4 is 12.4 Å². The first-order valence-electron chi connectivity index (χ1n) is 4.93. The quantitative estimate of drug-likeness (QED) is 0.649. The average molecular weight is 186 g/mol. The number of carbonyl (C=O) groups excluding carboxylic acids is 1. The second kappa shape index (κ2) is 3.41. The van der Waals surface area contributed by atoms with Gasteiger partial charge in [-0.25, -0.2) is 0 Å². The fraction of sp³-hybridized carbons (Fsp3) is 0.308. The molecule has 2 rings (SSSR count). The Hall–Kier alpha value is -1.37. The molecule has 1 aliphatic carbocycles. The van der Waals surface area contributed by atoms with Gasteiger partial charge in [0.05, 0.1) is 0 Å². The van der Waals surface area contributed by atoms with Gasteiger partial charge in [-0.05, 0) is 37.0 Å². The Bertz CT molecular complexity index is 402. The number of rotatable bonds is 2. The summed E-state index contributed by atoms with van der Waals surface area (Å²) >= 11 is 0. The molecule has 14 heavy (non-hydrogen) atoms. The van der Waals surface area contributed by atoms with Crippen LogP contribution in [-0.4, -0.2) is 6.29 Å². The summed E-state index contributed by atoms with van der Waals surface area (Å²) in [4.78, 5) is 10.4. The molecule has 72 valence electrons. The van der Waals surface area contributed by atoms with Crippen LogP contribution in [-0.2, 0) is 4.79 Å². The molecule has 0 saturated heterocycles. The van der Waals surface area contributed by atoms with Gasteiger partial charge in [-0.2, -0.15) is 0 Å². The van der Waals surface area contributed by atoms with Gasteiger partial charge >= 0.3 is 0 Å². The molecule has 1 unspecified atom stereocenters. The van der Waals surface area contributed by atoms with E-state index in [0.717, 1.165) is 12.7 Å². The summed E-state index contributed by atoms with van der Waals surface area (Å²) in [6.45, 7) is 4.22. The SMILES string of the molecule is Cc1ccc(/C=C2\CC2C=O)cc1C. The van der Waals surface area contributed by atoms with E-state index >= 15 is 0 Å². The highest BCUT2D eigenvalue weighted by Crippen LogP contribution is 2.37. The molecular weight excluding hydrogens is 172 g/mol. The Balaban J connectivity index is 2.23. The van der Waals surface area contributed by atoms with Crippen molar-refractivity contribution < 1.29 is 4.79 Å². The van der Waals surface area contributed by atoms with E-state index in [0.29, 0.717) is 0 Å². The van der Waals surface area contributed by atoms with Crippen LogP contribution < -0.4 is 0 Å². The van der Waals surface area contributed by atoms with Crippen LogP contribution in [0.1, 0.15) is 23.1 Å². The molecular formula is C13H14O. The fourth-order valence-corrected chi connectivity index (χ4v) is 1.56. The highest BCUT2D eigenvalue weighted by Gasteiger charge is 2.28. The van der Waals surface area contributed by atoms with Crippen LogP contribution in [0.5, 0.6) is 0 Å². The van der Waals surface area contributed by atoms with Crippen molar-refractivity contribution in [3.8, 4) is 0 Å².